The minimum atomic E-state index is -0.383. The zero-order valence-electron chi connectivity index (χ0n) is 22.0. The summed E-state index contributed by atoms with van der Waals surface area (Å²) in [6, 6.07) is 36.6. The van der Waals surface area contributed by atoms with E-state index in [9.17, 15) is 0 Å². The van der Waals surface area contributed by atoms with E-state index in [0.717, 1.165) is 0 Å². The molecule has 5 aromatic carbocycles. The molecule has 0 amide bonds. The molecule has 38 heavy (non-hydrogen) atoms. The summed E-state index contributed by atoms with van der Waals surface area (Å²) in [5, 5.41) is 0. The van der Waals surface area contributed by atoms with Crippen LogP contribution in [0.5, 0.6) is 0 Å². The summed E-state index contributed by atoms with van der Waals surface area (Å²) in [5.74, 6) is 0. The maximum absolute atomic E-state index is 4.30. The molecule has 0 radical (unpaired) electrons. The normalized spacial score (nSPS) is 15.5. The zero-order chi connectivity index (χ0) is 26.4. The van der Waals surface area contributed by atoms with Gasteiger partial charge < -0.3 is 0 Å². The van der Waals surface area contributed by atoms with Crippen LogP contribution in [0.2, 0.25) is 0 Å². The lowest BCUT2D eigenvalue weighted by atomic mass is 9.84. The molecule has 0 nitrogen and oxygen atoms in total. The second-order valence-corrected chi connectivity index (χ2v) is 13.5. The molecule has 0 saturated heterocycles. The number of hydrogen-bond donors (Lipinski definition) is 0. The van der Waals surface area contributed by atoms with Crippen LogP contribution in [0.4, 0.5) is 0 Å². The third-order valence-electron chi connectivity index (χ3n) is 8.45. The lowest BCUT2D eigenvalue weighted by Gasteiger charge is -2.30. The molecule has 0 saturated carbocycles. The van der Waals surface area contributed by atoms with Gasteiger partial charge in [-0.25, -0.2) is 0 Å². The van der Waals surface area contributed by atoms with Gasteiger partial charge in [0.05, 0.1) is 0 Å². The van der Waals surface area contributed by atoms with E-state index < -0.39 is 0 Å². The summed E-state index contributed by atoms with van der Waals surface area (Å²) in [6.07, 6.45) is 0. The Kier molecular flexibility index (Phi) is 5.26. The number of benzene rings is 5. The van der Waals surface area contributed by atoms with E-state index in [4.69, 9.17) is 0 Å². The van der Waals surface area contributed by atoms with Gasteiger partial charge in [0.1, 0.15) is 8.65 Å². The molecule has 2 aliphatic carbocycles. The fourth-order valence-electron chi connectivity index (χ4n) is 6.55. The van der Waals surface area contributed by atoms with Crippen molar-refractivity contribution in [2.45, 2.75) is 36.3 Å². The molecule has 0 N–H and O–H groups in total. The Balaban J connectivity index is 1.42. The molecule has 0 aliphatic heterocycles. The first kappa shape index (κ1) is 24.1. The molecule has 186 valence electrons. The van der Waals surface area contributed by atoms with Crippen molar-refractivity contribution < 1.29 is 0 Å². The maximum Gasteiger partial charge on any atom is 0.102 e. The van der Waals surface area contributed by atoms with Crippen molar-refractivity contribution in [3.05, 3.63) is 153 Å². The van der Waals surface area contributed by atoms with E-state index in [0.29, 0.717) is 0 Å². The van der Waals surface area contributed by atoms with E-state index in [1.54, 1.807) is 0 Å². The first-order valence-corrected chi connectivity index (χ1v) is 14.7. The summed E-state index contributed by atoms with van der Waals surface area (Å²) in [6.45, 7) is 8.72. The smallest absolute Gasteiger partial charge is 0.0695 e. The van der Waals surface area contributed by atoms with Crippen LogP contribution in [-0.4, -0.2) is 0 Å². The number of alkyl halides is 2. The van der Waals surface area contributed by atoms with E-state index in [1.807, 2.05) is 0 Å². The highest BCUT2D eigenvalue weighted by molar-refractivity contribution is 9.10. The van der Waals surface area contributed by atoms with Gasteiger partial charge in [0.2, 0.25) is 0 Å². The molecule has 5 aromatic rings. The van der Waals surface area contributed by atoms with Crippen molar-refractivity contribution in [1.29, 1.82) is 0 Å². The van der Waals surface area contributed by atoms with Crippen molar-refractivity contribution in [1.82, 2.24) is 0 Å². The predicted molar refractivity (Wildman–Crippen MR) is 167 cm³/mol. The van der Waals surface area contributed by atoms with Gasteiger partial charge in [0.25, 0.3) is 0 Å². The Bertz CT molecular complexity index is 1540. The Morgan fingerprint density at radius 1 is 0.368 bits per heavy atom. The topological polar surface area (TPSA) is 0 Å². The molecular formula is C36H28Br2. The third kappa shape index (κ3) is 3.20. The lowest BCUT2D eigenvalue weighted by Crippen LogP contribution is -2.21. The van der Waals surface area contributed by atoms with Crippen LogP contribution in [0.25, 0.3) is 22.3 Å². The van der Waals surface area contributed by atoms with Crippen LogP contribution in [0.15, 0.2) is 97.1 Å². The van der Waals surface area contributed by atoms with Gasteiger partial charge in [-0.1, -0.05) is 151 Å². The van der Waals surface area contributed by atoms with Crippen LogP contribution in [-0.2, 0) is 8.65 Å². The average Bonchev–Trinajstić information content (AvgIpc) is 3.30. The molecule has 0 fully saturated rings. The number of halogens is 2. The molecule has 0 aromatic heterocycles. The summed E-state index contributed by atoms with van der Waals surface area (Å²) in [4.78, 5) is 0. The second-order valence-electron chi connectivity index (χ2n) is 11.1. The minimum Gasteiger partial charge on any atom is -0.0695 e. The first-order chi connectivity index (χ1) is 18.2. The van der Waals surface area contributed by atoms with E-state index in [-0.39, 0.29) is 8.65 Å². The maximum atomic E-state index is 4.30. The van der Waals surface area contributed by atoms with Gasteiger partial charge in [-0.15, -0.1) is 0 Å². The number of hydrogen-bond acceptors (Lipinski definition) is 0. The van der Waals surface area contributed by atoms with Crippen LogP contribution in [0.3, 0.4) is 0 Å². The standard InChI is InChI=1S/C36H28Br2/c1-21-5-13-27-28-14-6-22(2)18-32(28)35(37,31(27)17-21)25-9-11-26(12-10-25)36(38)33-19-23(3)7-15-29(33)30-16-8-24(4)20-34(30)36/h5-20H,1-4H3. The highest BCUT2D eigenvalue weighted by atomic mass is 79.9. The Labute approximate surface area is 242 Å². The number of aryl methyl sites for hydroxylation is 4. The predicted octanol–water partition coefficient (Wildman–Crippen LogP) is 10.3. The molecular weight excluding hydrogens is 592 g/mol. The molecule has 7 rings (SSSR count). The third-order valence-corrected chi connectivity index (χ3v) is 11.1. The Morgan fingerprint density at radius 2 is 0.605 bits per heavy atom. The zero-order valence-corrected chi connectivity index (χ0v) is 25.2. The molecule has 0 spiro atoms. The van der Waals surface area contributed by atoms with Gasteiger partial charge in [0, 0.05) is 0 Å². The van der Waals surface area contributed by atoms with E-state index in [2.05, 4.69) is 157 Å². The van der Waals surface area contributed by atoms with E-state index >= 15 is 0 Å². The molecule has 0 bridgehead atoms. The van der Waals surface area contributed by atoms with Gasteiger partial charge in [-0.3, -0.25) is 0 Å². The quantitative estimate of drug-likeness (QED) is 0.172. The SMILES string of the molecule is Cc1ccc2c(c1)C(Br)(c1ccc(C3(Br)c4cc(C)ccc4-c4ccc(C)cc43)cc1)c1cc(C)ccc1-2. The molecule has 0 unspecified atom stereocenters. The Morgan fingerprint density at radius 3 is 0.842 bits per heavy atom. The van der Waals surface area contributed by atoms with Gasteiger partial charge >= 0.3 is 0 Å². The summed E-state index contributed by atoms with van der Waals surface area (Å²) in [7, 11) is 0. The summed E-state index contributed by atoms with van der Waals surface area (Å²) < 4.78 is -0.765. The molecule has 2 aliphatic rings. The molecule has 2 heteroatoms. The van der Waals surface area contributed by atoms with Crippen LogP contribution in [0.1, 0.15) is 55.6 Å². The minimum absolute atomic E-state index is 0.383. The second kappa shape index (κ2) is 8.28. The van der Waals surface area contributed by atoms with Crippen molar-refractivity contribution >= 4 is 31.9 Å². The molecule has 0 heterocycles. The number of fused-ring (bicyclic) bond motifs is 6. The number of rotatable bonds is 2. The van der Waals surface area contributed by atoms with Crippen LogP contribution < -0.4 is 0 Å². The fourth-order valence-corrected chi connectivity index (χ4v) is 8.39. The molecule has 0 atom stereocenters. The summed E-state index contributed by atoms with van der Waals surface area (Å²) in [5.41, 5.74) is 18.1. The highest BCUT2D eigenvalue weighted by Crippen LogP contribution is 2.59. The van der Waals surface area contributed by atoms with Crippen molar-refractivity contribution in [2.24, 2.45) is 0 Å². The largest absolute Gasteiger partial charge is 0.102 e. The highest BCUT2D eigenvalue weighted by Gasteiger charge is 2.45. The van der Waals surface area contributed by atoms with Crippen LogP contribution in [0, 0.1) is 27.7 Å². The Hall–Kier alpha value is -2.94. The van der Waals surface area contributed by atoms with Gasteiger partial charge in [-0.05, 0) is 83.3 Å². The fraction of sp³-hybridized carbons (Fsp3) is 0.167. The van der Waals surface area contributed by atoms with E-state index in [1.165, 1.54) is 77.9 Å². The first-order valence-electron chi connectivity index (χ1n) is 13.2. The monoisotopic (exact) mass is 618 g/mol. The van der Waals surface area contributed by atoms with Crippen molar-refractivity contribution in [3.63, 3.8) is 0 Å². The average molecular weight is 620 g/mol. The van der Waals surface area contributed by atoms with Crippen LogP contribution >= 0.6 is 31.9 Å². The van der Waals surface area contributed by atoms with Gasteiger partial charge in [0.15, 0.2) is 0 Å². The van der Waals surface area contributed by atoms with Crippen molar-refractivity contribution in [3.8, 4) is 22.3 Å². The summed E-state index contributed by atoms with van der Waals surface area (Å²) >= 11 is 8.60. The van der Waals surface area contributed by atoms with Gasteiger partial charge in [-0.2, -0.15) is 0 Å². The lowest BCUT2D eigenvalue weighted by molar-refractivity contribution is 0.920. The van der Waals surface area contributed by atoms with Crippen molar-refractivity contribution in [2.75, 3.05) is 0 Å².